The fourth-order valence-electron chi connectivity index (χ4n) is 2.18. The van der Waals surface area contributed by atoms with E-state index in [1.165, 1.54) is 11.3 Å². The largest absolute Gasteiger partial charge is 0.451 e. The first-order valence-electron chi connectivity index (χ1n) is 7.40. The highest BCUT2D eigenvalue weighted by atomic mass is 32.1. The number of aryl methyl sites for hydroxylation is 1. The van der Waals surface area contributed by atoms with Gasteiger partial charge in [-0.1, -0.05) is 39.0 Å². The summed E-state index contributed by atoms with van der Waals surface area (Å²) in [5.41, 5.74) is 1.69. The summed E-state index contributed by atoms with van der Waals surface area (Å²) in [4.78, 5) is 25.4. The molecular formula is C18H21NO3S. The van der Waals surface area contributed by atoms with Crippen LogP contribution in [0.5, 0.6) is 0 Å². The van der Waals surface area contributed by atoms with Crippen LogP contribution in [0.1, 0.15) is 40.9 Å². The molecular weight excluding hydrogens is 310 g/mol. The maximum Gasteiger partial charge on any atom is 0.348 e. The van der Waals surface area contributed by atoms with Crippen LogP contribution in [0.15, 0.2) is 36.4 Å². The molecule has 0 aliphatic rings. The summed E-state index contributed by atoms with van der Waals surface area (Å²) in [6.45, 7) is 7.86. The first kappa shape index (κ1) is 17.2. The molecule has 0 bridgehead atoms. The molecule has 0 spiro atoms. The third kappa shape index (κ3) is 4.66. The van der Waals surface area contributed by atoms with E-state index in [1.807, 2.05) is 37.3 Å². The second-order valence-corrected chi connectivity index (χ2v) is 7.62. The Balaban J connectivity index is 1.97. The minimum absolute atomic E-state index is 0.0882. The van der Waals surface area contributed by atoms with Crippen LogP contribution in [0, 0.1) is 6.92 Å². The molecule has 1 heterocycles. The molecule has 0 aliphatic heterocycles. The van der Waals surface area contributed by atoms with Crippen molar-refractivity contribution in [3.63, 3.8) is 0 Å². The summed E-state index contributed by atoms with van der Waals surface area (Å²) in [7, 11) is 0. The highest BCUT2D eigenvalue weighted by Gasteiger charge is 2.19. The number of carbonyl (C=O) groups excluding carboxylic acids is 2. The lowest BCUT2D eigenvalue weighted by Gasteiger charge is -2.22. The second-order valence-electron chi connectivity index (χ2n) is 6.33. The van der Waals surface area contributed by atoms with E-state index in [9.17, 15) is 9.59 Å². The van der Waals surface area contributed by atoms with E-state index >= 15 is 0 Å². The average molecular weight is 331 g/mol. The van der Waals surface area contributed by atoms with Crippen molar-refractivity contribution in [3.05, 3.63) is 51.7 Å². The van der Waals surface area contributed by atoms with Gasteiger partial charge in [0.05, 0.1) is 0 Å². The third-order valence-corrected chi connectivity index (χ3v) is 4.27. The zero-order valence-electron chi connectivity index (χ0n) is 13.8. The lowest BCUT2D eigenvalue weighted by Crippen LogP contribution is -2.23. The molecule has 4 nitrogen and oxygen atoms in total. The number of thiophene rings is 1. The van der Waals surface area contributed by atoms with Gasteiger partial charge in [0.1, 0.15) is 4.88 Å². The SMILES string of the molecule is Cc1ccc(C(=O)OCC(=O)Nc2ccccc2C(C)(C)C)s1. The predicted octanol–water partition coefficient (Wildman–Crippen LogP) is 4.15. The first-order chi connectivity index (χ1) is 10.8. The highest BCUT2D eigenvalue weighted by molar-refractivity contribution is 7.13. The van der Waals surface area contributed by atoms with Crippen molar-refractivity contribution < 1.29 is 14.3 Å². The normalized spacial score (nSPS) is 11.1. The van der Waals surface area contributed by atoms with Crippen molar-refractivity contribution >= 4 is 28.9 Å². The summed E-state index contributed by atoms with van der Waals surface area (Å²) >= 11 is 1.35. The van der Waals surface area contributed by atoms with Crippen LogP contribution in [0.3, 0.4) is 0 Å². The minimum atomic E-state index is -0.470. The van der Waals surface area contributed by atoms with Crippen molar-refractivity contribution in [2.75, 3.05) is 11.9 Å². The van der Waals surface area contributed by atoms with Crippen molar-refractivity contribution in [3.8, 4) is 0 Å². The number of anilines is 1. The summed E-state index contributed by atoms with van der Waals surface area (Å²) in [6.07, 6.45) is 0. The van der Waals surface area contributed by atoms with Gasteiger partial charge in [-0.05, 0) is 36.1 Å². The Hall–Kier alpha value is -2.14. The molecule has 0 radical (unpaired) electrons. The lowest BCUT2D eigenvalue weighted by atomic mass is 9.86. The average Bonchev–Trinajstić information content (AvgIpc) is 2.91. The number of esters is 1. The fourth-order valence-corrected chi connectivity index (χ4v) is 2.94. The molecule has 1 aromatic carbocycles. The maximum atomic E-state index is 12.0. The molecule has 23 heavy (non-hydrogen) atoms. The molecule has 1 amide bonds. The minimum Gasteiger partial charge on any atom is -0.451 e. The quantitative estimate of drug-likeness (QED) is 0.856. The monoisotopic (exact) mass is 331 g/mol. The van der Waals surface area contributed by atoms with Crippen LogP contribution in [-0.2, 0) is 14.9 Å². The number of nitrogens with one attached hydrogen (secondary N) is 1. The Morgan fingerprint density at radius 1 is 1.13 bits per heavy atom. The van der Waals surface area contributed by atoms with E-state index in [0.717, 1.165) is 16.1 Å². The van der Waals surface area contributed by atoms with E-state index in [0.29, 0.717) is 4.88 Å². The smallest absolute Gasteiger partial charge is 0.348 e. The number of amides is 1. The maximum absolute atomic E-state index is 12.0. The van der Waals surface area contributed by atoms with Crippen LogP contribution in [-0.4, -0.2) is 18.5 Å². The molecule has 0 aliphatic carbocycles. The molecule has 5 heteroatoms. The molecule has 122 valence electrons. The number of hydrogen-bond donors (Lipinski definition) is 1. The van der Waals surface area contributed by atoms with Gasteiger partial charge in [0.15, 0.2) is 6.61 Å². The third-order valence-electron chi connectivity index (χ3n) is 3.29. The van der Waals surface area contributed by atoms with E-state index in [4.69, 9.17) is 4.74 Å². The van der Waals surface area contributed by atoms with Crippen LogP contribution in [0.2, 0.25) is 0 Å². The Labute approximate surface area is 140 Å². The molecule has 2 aromatic rings. The van der Waals surface area contributed by atoms with Crippen molar-refractivity contribution in [1.82, 2.24) is 0 Å². The number of para-hydroxylation sites is 1. The van der Waals surface area contributed by atoms with Gasteiger partial charge in [-0.2, -0.15) is 0 Å². The van der Waals surface area contributed by atoms with E-state index in [-0.39, 0.29) is 17.9 Å². The van der Waals surface area contributed by atoms with E-state index in [1.54, 1.807) is 6.07 Å². The summed E-state index contributed by atoms with van der Waals surface area (Å²) in [5, 5.41) is 2.82. The van der Waals surface area contributed by atoms with Gasteiger partial charge in [-0.25, -0.2) is 4.79 Å². The molecule has 1 aromatic heterocycles. The van der Waals surface area contributed by atoms with Crippen LogP contribution in [0.25, 0.3) is 0 Å². The van der Waals surface area contributed by atoms with E-state index < -0.39 is 5.97 Å². The highest BCUT2D eigenvalue weighted by Crippen LogP contribution is 2.29. The van der Waals surface area contributed by atoms with Crippen molar-refractivity contribution in [2.45, 2.75) is 33.1 Å². The zero-order chi connectivity index (χ0) is 17.0. The Morgan fingerprint density at radius 2 is 1.83 bits per heavy atom. The zero-order valence-corrected chi connectivity index (χ0v) is 14.6. The van der Waals surface area contributed by atoms with Gasteiger partial charge in [0.2, 0.25) is 0 Å². The molecule has 1 N–H and O–H groups in total. The Morgan fingerprint density at radius 3 is 2.43 bits per heavy atom. The van der Waals surface area contributed by atoms with Crippen molar-refractivity contribution in [1.29, 1.82) is 0 Å². The Bertz CT molecular complexity index is 713. The summed E-state index contributed by atoms with van der Waals surface area (Å²) in [5.74, 6) is -0.814. The number of ether oxygens (including phenoxy) is 1. The molecule has 0 fully saturated rings. The van der Waals surface area contributed by atoms with Gasteiger partial charge in [-0.15, -0.1) is 11.3 Å². The Kier molecular flexibility index (Phi) is 5.21. The summed E-state index contributed by atoms with van der Waals surface area (Å²) < 4.78 is 5.06. The summed E-state index contributed by atoms with van der Waals surface area (Å²) in [6, 6.07) is 11.2. The van der Waals surface area contributed by atoms with Gasteiger partial charge in [0.25, 0.3) is 5.91 Å². The molecule has 0 saturated carbocycles. The molecule has 0 saturated heterocycles. The lowest BCUT2D eigenvalue weighted by molar-refractivity contribution is -0.119. The fraction of sp³-hybridized carbons (Fsp3) is 0.333. The first-order valence-corrected chi connectivity index (χ1v) is 8.22. The van der Waals surface area contributed by atoms with Gasteiger partial charge in [-0.3, -0.25) is 4.79 Å². The molecule has 0 unspecified atom stereocenters. The number of carbonyl (C=O) groups is 2. The molecule has 2 rings (SSSR count). The second kappa shape index (κ2) is 6.96. The van der Waals surface area contributed by atoms with Crippen LogP contribution >= 0.6 is 11.3 Å². The van der Waals surface area contributed by atoms with Gasteiger partial charge >= 0.3 is 5.97 Å². The van der Waals surface area contributed by atoms with E-state index in [2.05, 4.69) is 26.1 Å². The van der Waals surface area contributed by atoms with Gasteiger partial charge in [0, 0.05) is 10.6 Å². The van der Waals surface area contributed by atoms with Crippen LogP contribution in [0.4, 0.5) is 5.69 Å². The number of rotatable bonds is 4. The number of benzene rings is 1. The molecule has 0 atom stereocenters. The van der Waals surface area contributed by atoms with Crippen LogP contribution < -0.4 is 5.32 Å². The topological polar surface area (TPSA) is 55.4 Å². The standard InChI is InChI=1S/C18H21NO3S/c1-12-9-10-15(23-12)17(21)22-11-16(20)19-14-8-6-5-7-13(14)18(2,3)4/h5-10H,11H2,1-4H3,(H,19,20). The van der Waals surface area contributed by atoms with Gasteiger partial charge < -0.3 is 10.1 Å². The van der Waals surface area contributed by atoms with Crippen molar-refractivity contribution in [2.24, 2.45) is 0 Å². The number of hydrogen-bond acceptors (Lipinski definition) is 4. The predicted molar refractivity (Wildman–Crippen MR) is 93.1 cm³/mol.